The first-order valence-corrected chi connectivity index (χ1v) is 10.4. The largest absolute Gasteiger partial charge is 0.376 e. The monoisotopic (exact) mass is 407 g/mol. The highest BCUT2D eigenvalue weighted by molar-refractivity contribution is 6.21. The second-order valence-corrected chi connectivity index (χ2v) is 7.68. The van der Waals surface area contributed by atoms with Crippen LogP contribution in [0.2, 0.25) is 0 Å². The fourth-order valence-corrected chi connectivity index (χ4v) is 3.99. The zero-order valence-electron chi connectivity index (χ0n) is 16.8. The lowest BCUT2D eigenvalue weighted by atomic mass is 10.1. The Bertz CT molecular complexity index is 890. The van der Waals surface area contributed by atoms with E-state index in [9.17, 15) is 14.4 Å². The second kappa shape index (κ2) is 9.17. The van der Waals surface area contributed by atoms with Crippen molar-refractivity contribution in [2.45, 2.75) is 38.3 Å². The average molecular weight is 407 g/mol. The molecule has 1 aromatic carbocycles. The molecule has 0 spiro atoms. The van der Waals surface area contributed by atoms with E-state index in [0.29, 0.717) is 30.6 Å². The molecule has 0 N–H and O–H groups in total. The van der Waals surface area contributed by atoms with Crippen molar-refractivity contribution in [1.82, 2.24) is 14.8 Å². The number of benzene rings is 1. The van der Waals surface area contributed by atoms with E-state index in [4.69, 9.17) is 4.74 Å². The average Bonchev–Trinajstić information content (AvgIpc) is 3.36. The summed E-state index contributed by atoms with van der Waals surface area (Å²) in [6.45, 7) is 1.98. The Balaban J connectivity index is 1.35. The summed E-state index contributed by atoms with van der Waals surface area (Å²) in [5.74, 6) is -0.574. The van der Waals surface area contributed by atoms with Crippen LogP contribution in [0.3, 0.4) is 0 Å². The fraction of sp³-hybridized carbons (Fsp3) is 0.391. The zero-order valence-corrected chi connectivity index (χ0v) is 16.8. The van der Waals surface area contributed by atoms with E-state index < -0.39 is 0 Å². The van der Waals surface area contributed by atoms with Gasteiger partial charge in [0.25, 0.3) is 11.8 Å². The fourth-order valence-electron chi connectivity index (χ4n) is 3.99. The van der Waals surface area contributed by atoms with Gasteiger partial charge in [0, 0.05) is 45.1 Å². The van der Waals surface area contributed by atoms with Crippen LogP contribution in [0.5, 0.6) is 0 Å². The molecule has 1 aromatic heterocycles. The quantitative estimate of drug-likeness (QED) is 0.629. The molecular formula is C23H25N3O4. The lowest BCUT2D eigenvalue weighted by Gasteiger charge is -2.26. The van der Waals surface area contributed by atoms with Gasteiger partial charge in [-0.1, -0.05) is 18.2 Å². The number of imide groups is 1. The molecule has 0 radical (unpaired) electrons. The van der Waals surface area contributed by atoms with Crippen molar-refractivity contribution in [3.8, 4) is 0 Å². The summed E-state index contributed by atoms with van der Waals surface area (Å²) >= 11 is 0. The summed E-state index contributed by atoms with van der Waals surface area (Å²) in [5, 5.41) is 0. The van der Waals surface area contributed by atoms with Gasteiger partial charge >= 0.3 is 0 Å². The smallest absolute Gasteiger partial charge is 0.261 e. The predicted molar refractivity (Wildman–Crippen MR) is 110 cm³/mol. The van der Waals surface area contributed by atoms with Gasteiger partial charge in [-0.2, -0.15) is 0 Å². The van der Waals surface area contributed by atoms with Crippen LogP contribution in [0.1, 0.15) is 52.0 Å². The van der Waals surface area contributed by atoms with E-state index in [-0.39, 0.29) is 36.8 Å². The molecule has 3 heterocycles. The zero-order chi connectivity index (χ0) is 20.9. The van der Waals surface area contributed by atoms with Gasteiger partial charge < -0.3 is 9.64 Å². The van der Waals surface area contributed by atoms with Crippen molar-refractivity contribution in [2.24, 2.45) is 0 Å². The van der Waals surface area contributed by atoms with E-state index in [0.717, 1.165) is 25.0 Å². The van der Waals surface area contributed by atoms with Crippen molar-refractivity contribution < 1.29 is 19.1 Å². The Labute approximate surface area is 175 Å². The minimum atomic E-state index is -0.283. The van der Waals surface area contributed by atoms with Gasteiger partial charge in [0.1, 0.15) is 0 Å². The highest BCUT2D eigenvalue weighted by Crippen LogP contribution is 2.23. The summed E-state index contributed by atoms with van der Waals surface area (Å²) < 4.78 is 5.71. The maximum Gasteiger partial charge on any atom is 0.261 e. The maximum atomic E-state index is 13.0. The molecule has 7 heteroatoms. The van der Waals surface area contributed by atoms with E-state index in [1.54, 1.807) is 41.6 Å². The number of amides is 3. The second-order valence-electron chi connectivity index (χ2n) is 7.68. The van der Waals surface area contributed by atoms with Crippen LogP contribution in [0, 0.1) is 0 Å². The van der Waals surface area contributed by atoms with Gasteiger partial charge in [-0.3, -0.25) is 24.3 Å². The van der Waals surface area contributed by atoms with Crippen LogP contribution in [0.15, 0.2) is 48.8 Å². The van der Waals surface area contributed by atoms with Crippen molar-refractivity contribution in [3.05, 3.63) is 65.5 Å². The van der Waals surface area contributed by atoms with Gasteiger partial charge in [0.05, 0.1) is 17.2 Å². The molecule has 1 atom stereocenters. The Morgan fingerprint density at radius 2 is 1.90 bits per heavy atom. The van der Waals surface area contributed by atoms with Crippen LogP contribution in [-0.2, 0) is 16.1 Å². The van der Waals surface area contributed by atoms with Crippen molar-refractivity contribution in [2.75, 3.05) is 19.7 Å². The summed E-state index contributed by atoms with van der Waals surface area (Å²) in [5.41, 5.74) is 1.83. The normalized spacial score (nSPS) is 18.0. The number of fused-ring (bicyclic) bond motifs is 1. The number of carbonyl (C=O) groups excluding carboxylic acids is 3. The molecule has 1 unspecified atom stereocenters. The van der Waals surface area contributed by atoms with E-state index >= 15 is 0 Å². The summed E-state index contributed by atoms with van der Waals surface area (Å²) in [4.78, 5) is 45.1. The third kappa shape index (κ3) is 4.41. The van der Waals surface area contributed by atoms with Crippen LogP contribution >= 0.6 is 0 Å². The molecule has 3 amide bonds. The number of rotatable bonds is 8. The number of nitrogens with zero attached hydrogens (tertiary/aromatic N) is 3. The summed E-state index contributed by atoms with van der Waals surface area (Å²) in [6, 6.07) is 10.6. The van der Waals surface area contributed by atoms with E-state index in [1.165, 1.54) is 4.90 Å². The minimum absolute atomic E-state index is 0.00837. The summed E-state index contributed by atoms with van der Waals surface area (Å²) in [7, 11) is 0. The molecule has 0 saturated carbocycles. The molecule has 2 aliphatic rings. The number of ether oxygens (including phenoxy) is 1. The lowest BCUT2D eigenvalue weighted by molar-refractivity contribution is -0.133. The Morgan fingerprint density at radius 3 is 2.53 bits per heavy atom. The highest BCUT2D eigenvalue weighted by Gasteiger charge is 2.34. The van der Waals surface area contributed by atoms with Gasteiger partial charge in [0.15, 0.2) is 0 Å². The SMILES string of the molecule is O=C(CCCN1C(=O)c2ccccc2C1=O)N(Cc1cccnc1)CC1CCCO1. The highest BCUT2D eigenvalue weighted by atomic mass is 16.5. The van der Waals surface area contributed by atoms with Gasteiger partial charge in [0.2, 0.25) is 5.91 Å². The van der Waals surface area contributed by atoms with Crippen molar-refractivity contribution >= 4 is 17.7 Å². The predicted octanol–water partition coefficient (Wildman–Crippen LogP) is 2.67. The van der Waals surface area contributed by atoms with Gasteiger partial charge in [-0.15, -0.1) is 0 Å². The Kier molecular flexibility index (Phi) is 6.18. The first-order valence-electron chi connectivity index (χ1n) is 10.4. The lowest BCUT2D eigenvalue weighted by Crippen LogP contribution is -2.37. The maximum absolute atomic E-state index is 13.0. The number of hydrogen-bond donors (Lipinski definition) is 0. The molecule has 7 nitrogen and oxygen atoms in total. The van der Waals surface area contributed by atoms with E-state index in [2.05, 4.69) is 4.98 Å². The number of aromatic nitrogens is 1. The molecule has 2 aliphatic heterocycles. The van der Waals surface area contributed by atoms with Crippen LogP contribution in [-0.4, -0.2) is 58.3 Å². The molecule has 4 rings (SSSR count). The number of hydrogen-bond acceptors (Lipinski definition) is 5. The molecule has 1 saturated heterocycles. The van der Waals surface area contributed by atoms with Crippen LogP contribution in [0.25, 0.3) is 0 Å². The number of pyridine rings is 1. The van der Waals surface area contributed by atoms with Crippen molar-refractivity contribution in [1.29, 1.82) is 0 Å². The first-order chi connectivity index (χ1) is 14.6. The minimum Gasteiger partial charge on any atom is -0.376 e. The number of carbonyl (C=O) groups is 3. The molecule has 2 aromatic rings. The molecule has 156 valence electrons. The summed E-state index contributed by atoms with van der Waals surface area (Å²) in [6.07, 6.45) is 6.18. The third-order valence-corrected chi connectivity index (χ3v) is 5.55. The first kappa shape index (κ1) is 20.2. The third-order valence-electron chi connectivity index (χ3n) is 5.55. The molecular weight excluding hydrogens is 382 g/mol. The van der Waals surface area contributed by atoms with Gasteiger partial charge in [-0.05, 0) is 43.0 Å². The molecule has 1 fully saturated rings. The van der Waals surface area contributed by atoms with Gasteiger partial charge in [-0.25, -0.2) is 0 Å². The standard InChI is InChI=1S/C23H25N3O4/c27-21(10-4-12-26-22(28)19-8-1-2-9-20(19)23(26)29)25(16-18-7-5-13-30-18)15-17-6-3-11-24-14-17/h1-3,6,8-9,11,14,18H,4-5,7,10,12-13,15-16H2. The van der Waals surface area contributed by atoms with Crippen LogP contribution < -0.4 is 0 Å². The Morgan fingerprint density at radius 1 is 1.13 bits per heavy atom. The van der Waals surface area contributed by atoms with Crippen molar-refractivity contribution in [3.63, 3.8) is 0 Å². The molecule has 0 aliphatic carbocycles. The van der Waals surface area contributed by atoms with E-state index in [1.807, 2.05) is 12.1 Å². The molecule has 0 bridgehead atoms. The molecule has 30 heavy (non-hydrogen) atoms. The Hall–Kier alpha value is -3.06. The topological polar surface area (TPSA) is 79.8 Å². The van der Waals surface area contributed by atoms with Crippen LogP contribution in [0.4, 0.5) is 0 Å².